The smallest absolute Gasteiger partial charge is 0.246 e. The molecule has 18 heavy (non-hydrogen) atoms. The Morgan fingerprint density at radius 3 is 2.61 bits per heavy atom. The Kier molecular flexibility index (Phi) is 3.34. The number of hydrogen-bond acceptors (Lipinski definition) is 7. The summed E-state index contributed by atoms with van der Waals surface area (Å²) in [5, 5.41) is 38.6. The SMILES string of the molecule is CC(O[C@@H]1OC2(O)C1C(O)[C@H](O)C2CO)C(N)=O. The molecule has 1 heterocycles. The largest absolute Gasteiger partial charge is 0.396 e. The summed E-state index contributed by atoms with van der Waals surface area (Å²) < 4.78 is 10.2. The van der Waals surface area contributed by atoms with E-state index in [1.807, 2.05) is 0 Å². The van der Waals surface area contributed by atoms with E-state index in [1.54, 1.807) is 0 Å². The second kappa shape index (κ2) is 4.41. The first kappa shape index (κ1) is 13.7. The van der Waals surface area contributed by atoms with Crippen molar-refractivity contribution in [2.75, 3.05) is 6.61 Å². The van der Waals surface area contributed by atoms with Crippen LogP contribution in [0.5, 0.6) is 0 Å². The fourth-order valence-corrected chi connectivity index (χ4v) is 2.52. The molecule has 1 amide bonds. The second-order valence-electron chi connectivity index (χ2n) is 4.71. The molecule has 0 bridgehead atoms. The highest BCUT2D eigenvalue weighted by Crippen LogP contribution is 2.53. The van der Waals surface area contributed by atoms with Gasteiger partial charge in [0.2, 0.25) is 5.91 Å². The van der Waals surface area contributed by atoms with E-state index in [4.69, 9.17) is 20.3 Å². The third kappa shape index (κ3) is 1.73. The van der Waals surface area contributed by atoms with Crippen molar-refractivity contribution >= 4 is 5.91 Å². The summed E-state index contributed by atoms with van der Waals surface area (Å²) in [4.78, 5) is 10.8. The van der Waals surface area contributed by atoms with Gasteiger partial charge in [0.1, 0.15) is 6.10 Å². The lowest BCUT2D eigenvalue weighted by Gasteiger charge is -2.49. The monoisotopic (exact) mass is 263 g/mol. The molecule has 0 aromatic heterocycles. The Bertz CT molecular complexity index is 351. The predicted octanol–water partition coefficient (Wildman–Crippen LogP) is -3.12. The van der Waals surface area contributed by atoms with Gasteiger partial charge in [-0.3, -0.25) is 4.79 Å². The maximum atomic E-state index is 10.8. The summed E-state index contributed by atoms with van der Waals surface area (Å²) in [5.74, 6) is -4.48. The van der Waals surface area contributed by atoms with Gasteiger partial charge in [-0.15, -0.1) is 0 Å². The van der Waals surface area contributed by atoms with Crippen molar-refractivity contribution in [3.05, 3.63) is 0 Å². The van der Waals surface area contributed by atoms with E-state index >= 15 is 0 Å². The number of rotatable bonds is 4. The number of primary amides is 1. The molecule has 0 radical (unpaired) electrons. The van der Waals surface area contributed by atoms with Gasteiger partial charge in [0.15, 0.2) is 12.1 Å². The van der Waals surface area contributed by atoms with Gasteiger partial charge in [0.25, 0.3) is 0 Å². The molecular formula is C10H17NO7. The lowest BCUT2D eigenvalue weighted by molar-refractivity contribution is -0.441. The highest BCUT2D eigenvalue weighted by molar-refractivity contribution is 5.78. The van der Waals surface area contributed by atoms with Crippen LogP contribution in [0.15, 0.2) is 0 Å². The van der Waals surface area contributed by atoms with Crippen molar-refractivity contribution in [3.8, 4) is 0 Å². The van der Waals surface area contributed by atoms with E-state index in [2.05, 4.69) is 0 Å². The third-order valence-electron chi connectivity index (χ3n) is 3.67. The molecule has 2 fully saturated rings. The van der Waals surface area contributed by atoms with Crippen LogP contribution >= 0.6 is 0 Å². The summed E-state index contributed by atoms with van der Waals surface area (Å²) in [6.07, 6.45) is -4.61. The van der Waals surface area contributed by atoms with Gasteiger partial charge in [0, 0.05) is 0 Å². The van der Waals surface area contributed by atoms with Crippen molar-refractivity contribution in [2.24, 2.45) is 17.6 Å². The minimum Gasteiger partial charge on any atom is -0.396 e. The molecule has 8 heteroatoms. The Morgan fingerprint density at radius 2 is 2.11 bits per heavy atom. The molecule has 0 aromatic carbocycles. The fraction of sp³-hybridized carbons (Fsp3) is 0.900. The predicted molar refractivity (Wildman–Crippen MR) is 55.6 cm³/mol. The lowest BCUT2D eigenvalue weighted by Crippen LogP contribution is -2.64. The van der Waals surface area contributed by atoms with E-state index < -0.39 is 54.7 Å². The third-order valence-corrected chi connectivity index (χ3v) is 3.67. The molecule has 2 rings (SSSR count). The van der Waals surface area contributed by atoms with Gasteiger partial charge < -0.3 is 35.6 Å². The minimum atomic E-state index is -1.84. The molecule has 1 saturated carbocycles. The number of fused-ring (bicyclic) bond motifs is 1. The second-order valence-corrected chi connectivity index (χ2v) is 4.71. The molecule has 1 aliphatic carbocycles. The van der Waals surface area contributed by atoms with Crippen LogP contribution in [0, 0.1) is 11.8 Å². The van der Waals surface area contributed by atoms with Crippen LogP contribution in [0.3, 0.4) is 0 Å². The van der Waals surface area contributed by atoms with Gasteiger partial charge in [-0.25, -0.2) is 0 Å². The maximum Gasteiger partial charge on any atom is 0.246 e. The summed E-state index contributed by atoms with van der Waals surface area (Å²) in [7, 11) is 0. The van der Waals surface area contributed by atoms with E-state index in [0.29, 0.717) is 0 Å². The van der Waals surface area contributed by atoms with Gasteiger partial charge in [0.05, 0.1) is 30.7 Å². The summed E-state index contributed by atoms with van der Waals surface area (Å²) >= 11 is 0. The van der Waals surface area contributed by atoms with Crippen molar-refractivity contribution in [1.29, 1.82) is 0 Å². The van der Waals surface area contributed by atoms with Crippen molar-refractivity contribution in [1.82, 2.24) is 0 Å². The fourth-order valence-electron chi connectivity index (χ4n) is 2.52. The molecular weight excluding hydrogens is 246 g/mol. The first-order valence-electron chi connectivity index (χ1n) is 5.65. The minimum absolute atomic E-state index is 0.538. The first-order valence-corrected chi connectivity index (χ1v) is 5.65. The number of hydrogen-bond donors (Lipinski definition) is 5. The number of ether oxygens (including phenoxy) is 2. The average molecular weight is 263 g/mol. The van der Waals surface area contributed by atoms with E-state index in [0.717, 1.165) is 0 Å². The van der Waals surface area contributed by atoms with E-state index in [-0.39, 0.29) is 0 Å². The van der Waals surface area contributed by atoms with Crippen LogP contribution in [0.1, 0.15) is 6.92 Å². The van der Waals surface area contributed by atoms with E-state index in [9.17, 15) is 20.1 Å². The normalized spacial score (nSPS) is 48.4. The maximum absolute atomic E-state index is 10.8. The molecule has 104 valence electrons. The zero-order valence-corrected chi connectivity index (χ0v) is 9.76. The van der Waals surface area contributed by atoms with Gasteiger partial charge in [-0.05, 0) is 6.92 Å². The molecule has 8 nitrogen and oxygen atoms in total. The number of nitrogens with two attached hydrogens (primary N) is 1. The Balaban J connectivity index is 2.08. The van der Waals surface area contributed by atoms with Crippen LogP contribution in [0.2, 0.25) is 0 Å². The molecule has 0 spiro atoms. The summed E-state index contributed by atoms with van der Waals surface area (Å²) in [6.45, 7) is 0.869. The Labute approximate surface area is 103 Å². The van der Waals surface area contributed by atoms with Crippen molar-refractivity contribution in [2.45, 2.75) is 37.3 Å². The highest BCUT2D eigenvalue weighted by atomic mass is 16.8. The van der Waals surface area contributed by atoms with Crippen LogP contribution in [0.4, 0.5) is 0 Å². The van der Waals surface area contributed by atoms with Gasteiger partial charge in [-0.1, -0.05) is 0 Å². The Hall–Kier alpha value is -0.770. The lowest BCUT2D eigenvalue weighted by atomic mass is 9.89. The van der Waals surface area contributed by atoms with Crippen LogP contribution in [0.25, 0.3) is 0 Å². The molecule has 7 atom stereocenters. The number of carbonyl (C=O) groups is 1. The first-order chi connectivity index (χ1) is 8.32. The molecule has 1 saturated heterocycles. The molecule has 6 N–H and O–H groups in total. The topological polar surface area (TPSA) is 142 Å². The number of amides is 1. The van der Waals surface area contributed by atoms with Gasteiger partial charge in [-0.2, -0.15) is 0 Å². The Morgan fingerprint density at radius 1 is 1.50 bits per heavy atom. The molecule has 2 aliphatic rings. The van der Waals surface area contributed by atoms with Gasteiger partial charge >= 0.3 is 0 Å². The van der Waals surface area contributed by atoms with Crippen LogP contribution in [-0.2, 0) is 14.3 Å². The van der Waals surface area contributed by atoms with E-state index in [1.165, 1.54) is 6.92 Å². The number of aliphatic hydroxyl groups excluding tert-OH is 3. The standard InChI is InChI=1S/C10H17NO7/c1-3(8(11)15)17-9-5-7(14)6(13)4(2-12)10(5,16)18-9/h3-7,9,12-14,16H,2H2,1H3,(H2,11,15)/t3?,4?,5?,6-,7?,9-,10?/m1/s1. The molecule has 1 aliphatic heterocycles. The quantitative estimate of drug-likeness (QED) is 0.361. The summed E-state index contributed by atoms with van der Waals surface area (Å²) in [5.41, 5.74) is 5.01. The summed E-state index contributed by atoms with van der Waals surface area (Å²) in [6, 6.07) is 0. The zero-order chi connectivity index (χ0) is 13.7. The number of aliphatic hydroxyl groups is 4. The highest BCUT2D eigenvalue weighted by Gasteiger charge is 2.71. The van der Waals surface area contributed by atoms with Crippen molar-refractivity contribution < 1.29 is 34.7 Å². The van der Waals surface area contributed by atoms with Crippen LogP contribution in [-0.4, -0.2) is 63.3 Å². The number of carbonyl (C=O) groups excluding carboxylic acids is 1. The molecule has 5 unspecified atom stereocenters. The van der Waals surface area contributed by atoms with Crippen molar-refractivity contribution in [3.63, 3.8) is 0 Å². The average Bonchev–Trinajstić information content (AvgIpc) is 2.41. The zero-order valence-electron chi connectivity index (χ0n) is 9.76. The van der Waals surface area contributed by atoms with Crippen LogP contribution < -0.4 is 5.73 Å². The molecule has 0 aromatic rings.